The summed E-state index contributed by atoms with van der Waals surface area (Å²) in [5.41, 5.74) is 7.37. The molecule has 0 fully saturated rings. The Bertz CT molecular complexity index is 433. The third-order valence-electron chi connectivity index (χ3n) is 2.08. The molecule has 0 bridgehead atoms. The van der Waals surface area contributed by atoms with Gasteiger partial charge in [0.15, 0.2) is 12.0 Å². The highest BCUT2D eigenvalue weighted by Gasteiger charge is 2.13. The molecule has 2 aromatic heterocycles. The van der Waals surface area contributed by atoms with Crippen molar-refractivity contribution in [3.05, 3.63) is 18.0 Å². The van der Waals surface area contributed by atoms with Gasteiger partial charge in [-0.25, -0.2) is 4.57 Å². The molecule has 4 heteroatoms. The molecule has 0 spiro atoms. The molecule has 0 saturated heterocycles. The number of pyridine rings is 1. The molecule has 0 saturated carbocycles. The van der Waals surface area contributed by atoms with Crippen molar-refractivity contribution in [1.29, 1.82) is 0 Å². The van der Waals surface area contributed by atoms with Gasteiger partial charge in [0.1, 0.15) is 7.05 Å². The number of fused-ring (bicyclic) bond motifs is 1. The molecule has 0 aliphatic rings. The summed E-state index contributed by atoms with van der Waals surface area (Å²) in [4.78, 5) is 0. The van der Waals surface area contributed by atoms with Crippen molar-refractivity contribution in [2.75, 3.05) is 5.73 Å². The Morgan fingerprint density at radius 3 is 3.08 bits per heavy atom. The Morgan fingerprint density at radius 1 is 1.58 bits per heavy atom. The minimum atomic E-state index is 0.453. The third-order valence-corrected chi connectivity index (χ3v) is 2.08. The second kappa shape index (κ2) is 2.20. The molecule has 4 nitrogen and oxygen atoms in total. The van der Waals surface area contributed by atoms with Crippen LogP contribution in [0.15, 0.2) is 16.8 Å². The lowest BCUT2D eigenvalue weighted by Crippen LogP contribution is -2.30. The van der Waals surface area contributed by atoms with Gasteiger partial charge < -0.3 is 10.3 Å². The van der Waals surface area contributed by atoms with Gasteiger partial charge in [0.2, 0.25) is 11.3 Å². The summed E-state index contributed by atoms with van der Waals surface area (Å²) >= 11 is 0. The van der Waals surface area contributed by atoms with Crippen LogP contribution >= 0.6 is 0 Å². The average Bonchev–Trinajstić information content (AvgIpc) is 2.41. The number of nitrogens with zero attached hydrogens (tertiary/aromatic N) is 2. The van der Waals surface area contributed by atoms with E-state index in [1.807, 2.05) is 30.8 Å². The fourth-order valence-corrected chi connectivity index (χ4v) is 1.19. The first kappa shape index (κ1) is 7.09. The lowest BCUT2D eigenvalue weighted by atomic mass is 10.2. The van der Waals surface area contributed by atoms with Crippen LogP contribution in [-0.4, -0.2) is 5.16 Å². The highest BCUT2D eigenvalue weighted by molar-refractivity contribution is 5.87. The fourth-order valence-electron chi connectivity index (χ4n) is 1.19. The maximum atomic E-state index is 5.58. The van der Waals surface area contributed by atoms with Gasteiger partial charge in [-0.1, -0.05) is 5.16 Å². The molecule has 0 aliphatic heterocycles. The first-order valence-electron chi connectivity index (χ1n) is 3.70. The molecule has 0 unspecified atom stereocenters. The monoisotopic (exact) mass is 164 g/mol. The summed E-state index contributed by atoms with van der Waals surface area (Å²) < 4.78 is 7.03. The number of nitrogens with two attached hydrogens (primary N) is 1. The minimum Gasteiger partial charge on any atom is -0.380 e. The van der Waals surface area contributed by atoms with E-state index < -0.39 is 0 Å². The second-order valence-corrected chi connectivity index (χ2v) is 2.82. The maximum Gasteiger partial charge on any atom is 0.235 e. The van der Waals surface area contributed by atoms with Crippen molar-refractivity contribution in [1.82, 2.24) is 5.16 Å². The summed E-state index contributed by atoms with van der Waals surface area (Å²) in [7, 11) is 1.95. The van der Waals surface area contributed by atoms with E-state index in [4.69, 9.17) is 10.3 Å². The number of aromatic nitrogens is 2. The van der Waals surface area contributed by atoms with Crippen LogP contribution in [0.3, 0.4) is 0 Å². The highest BCUT2D eigenvalue weighted by atomic mass is 16.5. The molecule has 2 aromatic rings. The van der Waals surface area contributed by atoms with E-state index >= 15 is 0 Å². The van der Waals surface area contributed by atoms with Gasteiger partial charge in [0.05, 0.1) is 5.39 Å². The Hall–Kier alpha value is -1.58. The van der Waals surface area contributed by atoms with E-state index in [2.05, 4.69) is 5.16 Å². The van der Waals surface area contributed by atoms with Crippen LogP contribution in [-0.2, 0) is 7.05 Å². The van der Waals surface area contributed by atoms with Gasteiger partial charge in [-0.15, -0.1) is 0 Å². The van der Waals surface area contributed by atoms with Crippen molar-refractivity contribution in [2.45, 2.75) is 6.92 Å². The largest absolute Gasteiger partial charge is 0.380 e. The summed E-state index contributed by atoms with van der Waals surface area (Å²) in [6.07, 6.45) is 1.94. The SMILES string of the molecule is Cc1c2onc(N)c2cc[n+]1C. The molecule has 2 rings (SSSR count). The van der Waals surface area contributed by atoms with Crippen LogP contribution in [0.25, 0.3) is 11.0 Å². The molecule has 12 heavy (non-hydrogen) atoms. The van der Waals surface area contributed by atoms with E-state index in [1.54, 1.807) is 0 Å². The molecular weight excluding hydrogens is 154 g/mol. The van der Waals surface area contributed by atoms with Crippen molar-refractivity contribution < 1.29 is 9.09 Å². The summed E-state index contributed by atoms with van der Waals surface area (Å²) in [5.74, 6) is 0.453. The van der Waals surface area contributed by atoms with Crippen LogP contribution in [0.4, 0.5) is 5.82 Å². The standard InChI is InChI=1S/C8H10N3O/c1-5-7-6(3-4-11(5)2)8(9)10-12-7/h3-4H,1-2H3,(H2,9,10)/q+1. The zero-order chi connectivity index (χ0) is 8.72. The summed E-state index contributed by atoms with van der Waals surface area (Å²) in [5, 5.41) is 4.57. The molecule has 0 aliphatic carbocycles. The number of nitrogen functional groups attached to an aromatic ring is 1. The molecule has 0 atom stereocenters. The number of hydrogen-bond acceptors (Lipinski definition) is 3. The predicted molar refractivity (Wildman–Crippen MR) is 44.3 cm³/mol. The minimum absolute atomic E-state index is 0.453. The lowest BCUT2D eigenvalue weighted by molar-refractivity contribution is -0.676. The van der Waals surface area contributed by atoms with Crippen molar-refractivity contribution in [3.63, 3.8) is 0 Å². The molecule has 2 heterocycles. The third kappa shape index (κ3) is 0.777. The van der Waals surface area contributed by atoms with Crippen LogP contribution in [0.2, 0.25) is 0 Å². The van der Waals surface area contributed by atoms with Crippen molar-refractivity contribution in [2.24, 2.45) is 7.05 Å². The number of aryl methyl sites for hydroxylation is 2. The van der Waals surface area contributed by atoms with Gasteiger partial charge in [0, 0.05) is 13.0 Å². The van der Waals surface area contributed by atoms with Gasteiger partial charge in [-0.05, 0) is 0 Å². The zero-order valence-corrected chi connectivity index (χ0v) is 7.03. The fraction of sp³-hybridized carbons (Fsp3) is 0.250. The van der Waals surface area contributed by atoms with Crippen molar-refractivity contribution in [3.8, 4) is 0 Å². The average molecular weight is 164 g/mol. The maximum absolute atomic E-state index is 5.58. The Balaban J connectivity index is 2.93. The topological polar surface area (TPSA) is 55.9 Å². The predicted octanol–water partition coefficient (Wildman–Crippen LogP) is 0.543. The number of anilines is 1. The molecule has 62 valence electrons. The lowest BCUT2D eigenvalue weighted by Gasteiger charge is -1.91. The zero-order valence-electron chi connectivity index (χ0n) is 7.03. The van der Waals surface area contributed by atoms with Crippen LogP contribution in [0.1, 0.15) is 5.69 Å². The first-order chi connectivity index (χ1) is 5.70. The first-order valence-corrected chi connectivity index (χ1v) is 3.70. The number of rotatable bonds is 0. The van der Waals surface area contributed by atoms with Crippen LogP contribution < -0.4 is 10.3 Å². The van der Waals surface area contributed by atoms with Crippen LogP contribution in [0, 0.1) is 6.92 Å². The smallest absolute Gasteiger partial charge is 0.235 e. The van der Waals surface area contributed by atoms with Gasteiger partial charge in [0.25, 0.3) is 0 Å². The van der Waals surface area contributed by atoms with Gasteiger partial charge in [-0.2, -0.15) is 0 Å². The molecule has 0 amide bonds. The van der Waals surface area contributed by atoms with Crippen LogP contribution in [0.5, 0.6) is 0 Å². The number of hydrogen-bond donors (Lipinski definition) is 1. The Kier molecular flexibility index (Phi) is 1.30. The summed E-state index contributed by atoms with van der Waals surface area (Å²) in [6.45, 7) is 1.97. The van der Waals surface area contributed by atoms with E-state index in [0.717, 1.165) is 16.7 Å². The second-order valence-electron chi connectivity index (χ2n) is 2.82. The van der Waals surface area contributed by atoms with E-state index in [0.29, 0.717) is 5.82 Å². The van der Waals surface area contributed by atoms with E-state index in [-0.39, 0.29) is 0 Å². The van der Waals surface area contributed by atoms with Gasteiger partial charge >= 0.3 is 0 Å². The molecule has 2 N–H and O–H groups in total. The molecule has 0 aromatic carbocycles. The van der Waals surface area contributed by atoms with E-state index in [1.165, 1.54) is 0 Å². The van der Waals surface area contributed by atoms with E-state index in [9.17, 15) is 0 Å². The quantitative estimate of drug-likeness (QED) is 0.578. The Labute approximate surface area is 69.6 Å². The molecular formula is C8H10N3O+. The normalized spacial score (nSPS) is 10.8. The highest BCUT2D eigenvalue weighted by Crippen LogP contribution is 2.19. The van der Waals surface area contributed by atoms with Gasteiger partial charge in [-0.3, -0.25) is 0 Å². The Morgan fingerprint density at radius 2 is 2.33 bits per heavy atom. The molecule has 0 radical (unpaired) electrons. The summed E-state index contributed by atoms with van der Waals surface area (Å²) in [6, 6.07) is 1.90. The van der Waals surface area contributed by atoms with Crippen molar-refractivity contribution >= 4 is 16.8 Å².